The van der Waals surface area contributed by atoms with Gasteiger partial charge in [-0.1, -0.05) is 0 Å². The summed E-state index contributed by atoms with van der Waals surface area (Å²) in [5, 5.41) is 7.98. The molecule has 0 spiro atoms. The van der Waals surface area contributed by atoms with E-state index in [4.69, 9.17) is 0 Å². The van der Waals surface area contributed by atoms with Crippen molar-refractivity contribution >= 4 is 5.82 Å². The standard InChI is InChI=1S/C14H24N6/c1-11-13(14(18(3)4)19(5)17-11)10-15-6-8-20-9-7-16-12(20)2/h7,9,15H,6,8,10H2,1-5H3. The van der Waals surface area contributed by atoms with E-state index in [2.05, 4.69) is 45.9 Å². The van der Waals surface area contributed by atoms with Crippen molar-refractivity contribution in [3.8, 4) is 0 Å². The van der Waals surface area contributed by atoms with Crippen LogP contribution in [-0.4, -0.2) is 40.0 Å². The second-order valence-corrected chi connectivity index (χ2v) is 5.25. The Morgan fingerprint density at radius 2 is 2.05 bits per heavy atom. The van der Waals surface area contributed by atoms with Crippen LogP contribution in [0.25, 0.3) is 0 Å². The lowest BCUT2D eigenvalue weighted by molar-refractivity contribution is 0.586. The summed E-state index contributed by atoms with van der Waals surface area (Å²) >= 11 is 0. The summed E-state index contributed by atoms with van der Waals surface area (Å²) in [5.41, 5.74) is 2.35. The van der Waals surface area contributed by atoms with Crippen molar-refractivity contribution in [3.63, 3.8) is 0 Å². The van der Waals surface area contributed by atoms with Gasteiger partial charge in [0, 0.05) is 58.7 Å². The molecule has 0 amide bonds. The van der Waals surface area contributed by atoms with Crippen molar-refractivity contribution in [3.05, 3.63) is 29.5 Å². The van der Waals surface area contributed by atoms with Crippen LogP contribution in [0.5, 0.6) is 0 Å². The highest BCUT2D eigenvalue weighted by Gasteiger charge is 2.14. The van der Waals surface area contributed by atoms with E-state index in [1.807, 2.05) is 31.0 Å². The number of aryl methyl sites for hydroxylation is 3. The molecule has 2 aromatic rings. The lowest BCUT2D eigenvalue weighted by Gasteiger charge is -2.15. The minimum atomic E-state index is 0.834. The molecule has 0 aromatic carbocycles. The Morgan fingerprint density at radius 1 is 1.30 bits per heavy atom. The van der Waals surface area contributed by atoms with Gasteiger partial charge in [-0.2, -0.15) is 5.10 Å². The van der Waals surface area contributed by atoms with Gasteiger partial charge in [-0.15, -0.1) is 0 Å². The van der Waals surface area contributed by atoms with Crippen molar-refractivity contribution in [1.29, 1.82) is 0 Å². The van der Waals surface area contributed by atoms with Crippen LogP contribution in [0, 0.1) is 13.8 Å². The zero-order valence-electron chi connectivity index (χ0n) is 13.0. The zero-order chi connectivity index (χ0) is 14.7. The molecule has 6 heteroatoms. The lowest BCUT2D eigenvalue weighted by atomic mass is 10.2. The molecule has 0 bridgehead atoms. The number of hydrogen-bond donors (Lipinski definition) is 1. The van der Waals surface area contributed by atoms with E-state index in [9.17, 15) is 0 Å². The molecule has 0 unspecified atom stereocenters. The first-order valence-electron chi connectivity index (χ1n) is 6.89. The molecule has 20 heavy (non-hydrogen) atoms. The predicted octanol–water partition coefficient (Wildman–Crippen LogP) is 1.09. The van der Waals surface area contributed by atoms with Gasteiger partial charge >= 0.3 is 0 Å². The molecular weight excluding hydrogens is 252 g/mol. The molecule has 0 aliphatic heterocycles. The summed E-state index contributed by atoms with van der Waals surface area (Å²) < 4.78 is 4.09. The third-order valence-corrected chi connectivity index (χ3v) is 3.49. The van der Waals surface area contributed by atoms with Crippen molar-refractivity contribution in [2.45, 2.75) is 26.9 Å². The SMILES string of the molecule is Cc1nn(C)c(N(C)C)c1CNCCn1ccnc1C. The van der Waals surface area contributed by atoms with E-state index < -0.39 is 0 Å². The summed E-state index contributed by atoms with van der Waals surface area (Å²) in [6.07, 6.45) is 3.85. The molecule has 2 heterocycles. The molecule has 110 valence electrons. The van der Waals surface area contributed by atoms with E-state index in [1.165, 1.54) is 5.56 Å². The van der Waals surface area contributed by atoms with Crippen LogP contribution in [0.3, 0.4) is 0 Å². The molecule has 0 radical (unpaired) electrons. The van der Waals surface area contributed by atoms with Gasteiger partial charge in [0.25, 0.3) is 0 Å². The first-order chi connectivity index (χ1) is 9.50. The molecule has 0 atom stereocenters. The molecular formula is C14H24N6. The normalized spacial score (nSPS) is 11.1. The molecule has 0 aliphatic carbocycles. The van der Waals surface area contributed by atoms with Crippen molar-refractivity contribution < 1.29 is 0 Å². The maximum absolute atomic E-state index is 4.49. The number of imidazole rings is 1. The van der Waals surface area contributed by atoms with Crippen LogP contribution >= 0.6 is 0 Å². The molecule has 0 aliphatic rings. The second-order valence-electron chi connectivity index (χ2n) is 5.25. The van der Waals surface area contributed by atoms with E-state index in [-0.39, 0.29) is 0 Å². The lowest BCUT2D eigenvalue weighted by Crippen LogP contribution is -2.22. The Bertz CT molecular complexity index is 566. The fraction of sp³-hybridized carbons (Fsp3) is 0.571. The molecule has 6 nitrogen and oxygen atoms in total. The first-order valence-corrected chi connectivity index (χ1v) is 6.89. The van der Waals surface area contributed by atoms with Gasteiger partial charge in [-0.05, 0) is 13.8 Å². The average molecular weight is 276 g/mol. The number of anilines is 1. The smallest absolute Gasteiger partial charge is 0.130 e. The molecule has 0 saturated carbocycles. The fourth-order valence-corrected chi connectivity index (χ4v) is 2.51. The first kappa shape index (κ1) is 14.6. The number of nitrogens with one attached hydrogen (secondary N) is 1. The van der Waals surface area contributed by atoms with Crippen LogP contribution in [0.1, 0.15) is 17.1 Å². The quantitative estimate of drug-likeness (QED) is 0.803. The maximum Gasteiger partial charge on any atom is 0.130 e. The van der Waals surface area contributed by atoms with Gasteiger partial charge in [0.05, 0.1) is 5.69 Å². The highest BCUT2D eigenvalue weighted by atomic mass is 15.4. The third-order valence-electron chi connectivity index (χ3n) is 3.49. The van der Waals surface area contributed by atoms with Crippen LogP contribution in [0.4, 0.5) is 5.82 Å². The maximum atomic E-state index is 4.49. The minimum absolute atomic E-state index is 0.834. The largest absolute Gasteiger partial charge is 0.363 e. The van der Waals surface area contributed by atoms with E-state index >= 15 is 0 Å². The van der Waals surface area contributed by atoms with Gasteiger partial charge in [-0.3, -0.25) is 4.68 Å². The molecule has 2 aromatic heterocycles. The van der Waals surface area contributed by atoms with Gasteiger partial charge in [0.2, 0.25) is 0 Å². The number of aromatic nitrogens is 4. The number of nitrogens with zero attached hydrogens (tertiary/aromatic N) is 5. The van der Waals surface area contributed by atoms with E-state index in [0.717, 1.165) is 37.0 Å². The fourth-order valence-electron chi connectivity index (χ4n) is 2.51. The van der Waals surface area contributed by atoms with Crippen molar-refractivity contribution in [2.75, 3.05) is 25.5 Å². The van der Waals surface area contributed by atoms with Crippen LogP contribution < -0.4 is 10.2 Å². The summed E-state index contributed by atoms with van der Waals surface area (Å²) in [4.78, 5) is 6.33. The monoisotopic (exact) mass is 276 g/mol. The van der Waals surface area contributed by atoms with Gasteiger partial charge in [-0.25, -0.2) is 4.98 Å². The number of rotatable bonds is 6. The van der Waals surface area contributed by atoms with Crippen LogP contribution in [0.15, 0.2) is 12.4 Å². The third kappa shape index (κ3) is 3.01. The Kier molecular flexibility index (Phi) is 4.44. The molecule has 2 rings (SSSR count). The molecule has 1 N–H and O–H groups in total. The van der Waals surface area contributed by atoms with Gasteiger partial charge < -0.3 is 14.8 Å². The highest BCUT2D eigenvalue weighted by molar-refractivity contribution is 5.48. The predicted molar refractivity (Wildman–Crippen MR) is 80.9 cm³/mol. The zero-order valence-corrected chi connectivity index (χ0v) is 13.0. The summed E-state index contributed by atoms with van der Waals surface area (Å²) in [6, 6.07) is 0. The highest BCUT2D eigenvalue weighted by Crippen LogP contribution is 2.20. The van der Waals surface area contributed by atoms with Crippen LogP contribution in [0.2, 0.25) is 0 Å². The Hall–Kier alpha value is -1.82. The minimum Gasteiger partial charge on any atom is -0.363 e. The summed E-state index contributed by atoms with van der Waals surface area (Å²) in [5.74, 6) is 2.21. The average Bonchev–Trinajstić information content (AvgIpc) is 2.89. The van der Waals surface area contributed by atoms with Crippen molar-refractivity contribution in [1.82, 2.24) is 24.6 Å². The Labute approximate surface area is 120 Å². The topological polar surface area (TPSA) is 50.9 Å². The van der Waals surface area contributed by atoms with Crippen molar-refractivity contribution in [2.24, 2.45) is 7.05 Å². The second kappa shape index (κ2) is 6.09. The number of hydrogen-bond acceptors (Lipinski definition) is 4. The Balaban J connectivity index is 1.93. The van der Waals surface area contributed by atoms with E-state index in [0.29, 0.717) is 0 Å². The molecule has 0 fully saturated rings. The van der Waals surface area contributed by atoms with Crippen LogP contribution in [-0.2, 0) is 20.1 Å². The molecule has 0 saturated heterocycles. The van der Waals surface area contributed by atoms with Gasteiger partial charge in [0.1, 0.15) is 11.6 Å². The Morgan fingerprint density at radius 3 is 2.65 bits per heavy atom. The summed E-state index contributed by atoms with van der Waals surface area (Å²) in [6.45, 7) is 6.77. The summed E-state index contributed by atoms with van der Waals surface area (Å²) in [7, 11) is 6.09. The van der Waals surface area contributed by atoms with Gasteiger partial charge in [0.15, 0.2) is 0 Å². The van der Waals surface area contributed by atoms with E-state index in [1.54, 1.807) is 0 Å².